The second-order valence-corrected chi connectivity index (χ2v) is 5.92. The van der Waals surface area contributed by atoms with Crippen molar-refractivity contribution >= 4 is 35.3 Å². The molecule has 1 saturated carbocycles. The van der Waals surface area contributed by atoms with Crippen LogP contribution in [-0.4, -0.2) is 18.7 Å². The second-order valence-electron chi connectivity index (χ2n) is 5.07. The van der Waals surface area contributed by atoms with E-state index in [1.54, 1.807) is 18.2 Å². The Bertz CT molecular complexity index is 514. The maximum Gasteiger partial charge on any atom is 0.277 e. The standard InChI is InChI=1S/C15H18Cl2N2O2/c16-12-6-7-14(13(17)8-12)21-10-15(20)19-18-9-11-4-2-1-3-5-11/h6-9,11H,1-5,10H2,(H,19,20)/b18-9-. The van der Waals surface area contributed by atoms with E-state index in [0.717, 1.165) is 12.8 Å². The number of halogens is 2. The van der Waals surface area contributed by atoms with Gasteiger partial charge in [-0.05, 0) is 37.0 Å². The molecule has 21 heavy (non-hydrogen) atoms. The van der Waals surface area contributed by atoms with Crippen molar-refractivity contribution in [2.75, 3.05) is 6.61 Å². The first-order valence-corrected chi connectivity index (χ1v) is 7.80. The van der Waals surface area contributed by atoms with Gasteiger partial charge < -0.3 is 4.74 Å². The maximum absolute atomic E-state index is 11.6. The Morgan fingerprint density at radius 2 is 2.10 bits per heavy atom. The fourth-order valence-electron chi connectivity index (χ4n) is 2.27. The summed E-state index contributed by atoms with van der Waals surface area (Å²) in [4.78, 5) is 11.6. The average molecular weight is 329 g/mol. The van der Waals surface area contributed by atoms with E-state index in [1.165, 1.54) is 19.3 Å². The van der Waals surface area contributed by atoms with Crippen molar-refractivity contribution in [1.29, 1.82) is 0 Å². The Hall–Kier alpha value is -1.26. The molecule has 0 aromatic heterocycles. The lowest BCUT2D eigenvalue weighted by atomic mass is 9.90. The lowest BCUT2D eigenvalue weighted by molar-refractivity contribution is -0.123. The molecule has 1 fully saturated rings. The zero-order valence-electron chi connectivity index (χ0n) is 11.6. The van der Waals surface area contributed by atoms with Crippen LogP contribution >= 0.6 is 23.2 Å². The molecule has 1 aliphatic rings. The number of ether oxygens (including phenoxy) is 1. The van der Waals surface area contributed by atoms with E-state index in [9.17, 15) is 4.79 Å². The minimum atomic E-state index is -0.312. The SMILES string of the molecule is O=C(COc1ccc(Cl)cc1Cl)N/N=C\C1CCCCC1. The molecule has 0 bridgehead atoms. The molecule has 1 N–H and O–H groups in total. The summed E-state index contributed by atoms with van der Waals surface area (Å²) < 4.78 is 5.32. The Kier molecular flexibility index (Phi) is 6.33. The molecule has 0 unspecified atom stereocenters. The van der Waals surface area contributed by atoms with Gasteiger partial charge in [0.2, 0.25) is 0 Å². The topological polar surface area (TPSA) is 50.7 Å². The van der Waals surface area contributed by atoms with Crippen LogP contribution in [0.4, 0.5) is 0 Å². The van der Waals surface area contributed by atoms with E-state index in [0.29, 0.717) is 21.7 Å². The zero-order chi connectivity index (χ0) is 15.1. The molecule has 0 saturated heterocycles. The first-order valence-electron chi connectivity index (χ1n) is 7.05. The number of carbonyl (C=O) groups excluding carboxylic acids is 1. The Balaban J connectivity index is 1.73. The van der Waals surface area contributed by atoms with Gasteiger partial charge in [-0.15, -0.1) is 0 Å². The summed E-state index contributed by atoms with van der Waals surface area (Å²) in [6.45, 7) is -0.136. The number of benzene rings is 1. The summed E-state index contributed by atoms with van der Waals surface area (Å²) in [5.74, 6) is 0.589. The molecule has 114 valence electrons. The van der Waals surface area contributed by atoms with E-state index < -0.39 is 0 Å². The van der Waals surface area contributed by atoms with Gasteiger partial charge in [0.1, 0.15) is 5.75 Å². The summed E-state index contributed by atoms with van der Waals surface area (Å²) in [7, 11) is 0. The third-order valence-corrected chi connectivity index (χ3v) is 3.91. The molecule has 0 atom stereocenters. The number of carbonyl (C=O) groups is 1. The molecule has 0 radical (unpaired) electrons. The molecule has 1 aromatic carbocycles. The number of nitrogens with zero attached hydrogens (tertiary/aromatic N) is 1. The molecular weight excluding hydrogens is 311 g/mol. The summed E-state index contributed by atoms with van der Waals surface area (Å²) >= 11 is 11.7. The smallest absolute Gasteiger partial charge is 0.277 e. The Labute approximate surface area is 134 Å². The molecule has 1 aliphatic carbocycles. The second kappa shape index (κ2) is 8.25. The summed E-state index contributed by atoms with van der Waals surface area (Å²) in [6.07, 6.45) is 7.90. The lowest BCUT2D eigenvalue weighted by Crippen LogP contribution is -2.25. The Morgan fingerprint density at radius 1 is 1.33 bits per heavy atom. The van der Waals surface area contributed by atoms with Gasteiger partial charge in [-0.1, -0.05) is 42.5 Å². The average Bonchev–Trinajstić information content (AvgIpc) is 2.47. The molecule has 2 rings (SSSR count). The zero-order valence-corrected chi connectivity index (χ0v) is 13.2. The number of hydrogen-bond acceptors (Lipinski definition) is 3. The van der Waals surface area contributed by atoms with Crippen LogP contribution in [0.25, 0.3) is 0 Å². The molecular formula is C15H18Cl2N2O2. The van der Waals surface area contributed by atoms with Gasteiger partial charge in [-0.2, -0.15) is 5.10 Å². The van der Waals surface area contributed by atoms with Crippen LogP contribution in [-0.2, 0) is 4.79 Å². The van der Waals surface area contributed by atoms with Crippen molar-refractivity contribution in [1.82, 2.24) is 5.43 Å². The predicted octanol–water partition coefficient (Wildman–Crippen LogP) is 4.05. The van der Waals surface area contributed by atoms with E-state index in [-0.39, 0.29) is 12.5 Å². The van der Waals surface area contributed by atoms with Gasteiger partial charge in [0.05, 0.1) is 5.02 Å². The third-order valence-electron chi connectivity index (χ3n) is 3.38. The monoisotopic (exact) mass is 328 g/mol. The highest BCUT2D eigenvalue weighted by Gasteiger charge is 2.11. The van der Waals surface area contributed by atoms with E-state index in [2.05, 4.69) is 10.5 Å². The first kappa shape index (κ1) is 16.1. The van der Waals surface area contributed by atoms with Crippen molar-refractivity contribution in [3.05, 3.63) is 28.2 Å². The van der Waals surface area contributed by atoms with Crippen molar-refractivity contribution in [3.63, 3.8) is 0 Å². The van der Waals surface area contributed by atoms with Crippen LogP contribution in [0.3, 0.4) is 0 Å². The summed E-state index contributed by atoms with van der Waals surface area (Å²) in [5, 5.41) is 4.88. The number of rotatable bonds is 5. The molecule has 0 spiro atoms. The van der Waals surface area contributed by atoms with Gasteiger partial charge in [0.25, 0.3) is 5.91 Å². The normalized spacial score (nSPS) is 16.1. The Morgan fingerprint density at radius 3 is 2.81 bits per heavy atom. The number of hydrogen-bond donors (Lipinski definition) is 1. The van der Waals surface area contributed by atoms with Crippen LogP contribution in [0.2, 0.25) is 10.0 Å². The predicted molar refractivity (Wildman–Crippen MR) is 85.2 cm³/mol. The molecule has 0 aliphatic heterocycles. The number of hydrazone groups is 1. The largest absolute Gasteiger partial charge is 0.482 e. The van der Waals surface area contributed by atoms with Crippen LogP contribution in [0.5, 0.6) is 5.75 Å². The van der Waals surface area contributed by atoms with E-state index in [1.807, 2.05) is 6.21 Å². The minimum absolute atomic E-state index is 0.136. The van der Waals surface area contributed by atoms with Crippen molar-refractivity contribution in [2.45, 2.75) is 32.1 Å². The van der Waals surface area contributed by atoms with Crippen molar-refractivity contribution in [3.8, 4) is 5.75 Å². The molecule has 6 heteroatoms. The molecule has 0 heterocycles. The number of nitrogens with one attached hydrogen (secondary N) is 1. The maximum atomic E-state index is 11.6. The number of amides is 1. The molecule has 1 amide bonds. The quantitative estimate of drug-likeness (QED) is 0.654. The van der Waals surface area contributed by atoms with Crippen LogP contribution in [0.15, 0.2) is 23.3 Å². The highest BCUT2D eigenvalue weighted by molar-refractivity contribution is 6.35. The van der Waals surface area contributed by atoms with Crippen molar-refractivity contribution < 1.29 is 9.53 Å². The first-order chi connectivity index (χ1) is 10.1. The lowest BCUT2D eigenvalue weighted by Gasteiger charge is -2.16. The van der Waals surface area contributed by atoms with Gasteiger partial charge in [-0.25, -0.2) is 5.43 Å². The minimum Gasteiger partial charge on any atom is -0.482 e. The molecule has 1 aromatic rings. The summed E-state index contributed by atoms with van der Waals surface area (Å²) in [5.41, 5.74) is 2.47. The van der Waals surface area contributed by atoms with Crippen LogP contribution in [0.1, 0.15) is 32.1 Å². The van der Waals surface area contributed by atoms with Crippen LogP contribution < -0.4 is 10.2 Å². The molecule has 4 nitrogen and oxygen atoms in total. The van der Waals surface area contributed by atoms with E-state index >= 15 is 0 Å². The van der Waals surface area contributed by atoms with Crippen LogP contribution in [0, 0.1) is 5.92 Å². The van der Waals surface area contributed by atoms with Gasteiger partial charge in [0.15, 0.2) is 6.61 Å². The third kappa shape index (κ3) is 5.56. The fourth-order valence-corrected chi connectivity index (χ4v) is 2.73. The highest BCUT2D eigenvalue weighted by atomic mass is 35.5. The van der Waals surface area contributed by atoms with Gasteiger partial charge >= 0.3 is 0 Å². The fraction of sp³-hybridized carbons (Fsp3) is 0.467. The summed E-state index contributed by atoms with van der Waals surface area (Å²) in [6, 6.07) is 4.85. The van der Waals surface area contributed by atoms with E-state index in [4.69, 9.17) is 27.9 Å². The van der Waals surface area contributed by atoms with Crippen molar-refractivity contribution in [2.24, 2.45) is 11.0 Å². The van der Waals surface area contributed by atoms with Gasteiger partial charge in [-0.3, -0.25) is 4.79 Å². The van der Waals surface area contributed by atoms with Gasteiger partial charge in [0, 0.05) is 11.2 Å². The highest BCUT2D eigenvalue weighted by Crippen LogP contribution is 2.27.